The van der Waals surface area contributed by atoms with Crippen molar-refractivity contribution in [1.82, 2.24) is 0 Å². The maximum Gasteiger partial charge on any atom is 0.316 e. The summed E-state index contributed by atoms with van der Waals surface area (Å²) >= 11 is 0. The monoisotopic (exact) mass is 289 g/mol. The Balaban J connectivity index is 2.10. The Bertz CT molecular complexity index is 673. The highest BCUT2D eigenvalue weighted by Crippen LogP contribution is 2.37. The fraction of sp³-hybridized carbons (Fsp3) is 0.0714. The Labute approximate surface area is 120 Å². The van der Waals surface area contributed by atoms with E-state index in [1.54, 1.807) is 24.3 Å². The average Bonchev–Trinajstić information content (AvgIpc) is 2.44. The van der Waals surface area contributed by atoms with Gasteiger partial charge in [0.1, 0.15) is 0 Å². The van der Waals surface area contributed by atoms with Gasteiger partial charge in [-0.15, -0.1) is 0 Å². The average molecular weight is 289 g/mol. The smallest absolute Gasteiger partial charge is 0.316 e. The van der Waals surface area contributed by atoms with Crippen molar-refractivity contribution in [1.29, 1.82) is 0 Å². The molecule has 2 rings (SSSR count). The van der Waals surface area contributed by atoms with Gasteiger partial charge in [-0.05, 0) is 30.3 Å². The van der Waals surface area contributed by atoms with Crippen LogP contribution < -0.4 is 16.4 Å². The molecule has 0 aliphatic heterocycles. The molecule has 0 spiro atoms. The van der Waals surface area contributed by atoms with Gasteiger partial charge in [0, 0.05) is 23.5 Å². The van der Waals surface area contributed by atoms with Gasteiger partial charge < -0.3 is 31.7 Å². The molecule has 0 aromatic heterocycles. The predicted molar refractivity (Wildman–Crippen MR) is 78.4 cm³/mol. The summed E-state index contributed by atoms with van der Waals surface area (Å²) in [5, 5.41) is 33.9. The number of aromatic hydroxyl groups is 3. The maximum absolute atomic E-state index is 10.8. The first kappa shape index (κ1) is 14.3. The van der Waals surface area contributed by atoms with Crippen LogP contribution in [0.1, 0.15) is 5.56 Å². The van der Waals surface area contributed by atoms with Crippen LogP contribution in [0, 0.1) is 0 Å². The van der Waals surface area contributed by atoms with Gasteiger partial charge in [-0.25, -0.2) is 4.79 Å². The number of carbonyl (C=O) groups is 1. The molecule has 0 saturated heterocycles. The van der Waals surface area contributed by atoms with E-state index in [9.17, 15) is 20.1 Å². The minimum absolute atomic E-state index is 0.222. The molecule has 0 heterocycles. The number of rotatable bonds is 4. The van der Waals surface area contributed by atoms with Gasteiger partial charge in [0.05, 0.1) is 0 Å². The van der Waals surface area contributed by atoms with Crippen LogP contribution in [0.25, 0.3) is 0 Å². The molecule has 0 aliphatic rings. The van der Waals surface area contributed by atoms with Crippen LogP contribution in [0.15, 0.2) is 36.4 Å². The quantitative estimate of drug-likeness (QED) is 0.479. The summed E-state index contributed by atoms with van der Waals surface area (Å²) in [5.74, 6) is -1.32. The van der Waals surface area contributed by atoms with Crippen molar-refractivity contribution in [2.45, 2.75) is 6.54 Å². The number of primary amides is 1. The third-order valence-electron chi connectivity index (χ3n) is 2.83. The number of urea groups is 1. The van der Waals surface area contributed by atoms with Crippen molar-refractivity contribution in [3.05, 3.63) is 42.0 Å². The van der Waals surface area contributed by atoms with Gasteiger partial charge >= 0.3 is 6.03 Å². The maximum atomic E-state index is 10.8. The number of benzene rings is 2. The molecule has 110 valence electrons. The highest BCUT2D eigenvalue weighted by Gasteiger charge is 2.10. The Hall–Kier alpha value is -3.09. The van der Waals surface area contributed by atoms with Gasteiger partial charge in [-0.1, -0.05) is 6.07 Å². The molecular weight excluding hydrogens is 274 g/mol. The number of nitrogens with one attached hydrogen (secondary N) is 2. The van der Waals surface area contributed by atoms with E-state index in [2.05, 4.69) is 10.6 Å². The molecule has 7 heteroatoms. The van der Waals surface area contributed by atoms with Crippen molar-refractivity contribution < 1.29 is 20.1 Å². The lowest BCUT2D eigenvalue weighted by atomic mass is 10.1. The van der Waals surface area contributed by atoms with Crippen molar-refractivity contribution in [3.8, 4) is 17.2 Å². The lowest BCUT2D eigenvalue weighted by Crippen LogP contribution is -2.19. The standard InChI is InChI=1S/C14H15N3O4/c15-14(21)17-10-3-1-2-9(6-10)16-7-8-4-5-11(18)13(20)12(8)19/h1-6,16,18-20H,7H2,(H3,15,17,21). The normalized spacial score (nSPS) is 10.1. The molecule has 2 aromatic rings. The van der Waals surface area contributed by atoms with Gasteiger partial charge in [0.15, 0.2) is 11.5 Å². The van der Waals surface area contributed by atoms with Crippen LogP contribution in [0.5, 0.6) is 17.2 Å². The molecule has 0 fully saturated rings. The topological polar surface area (TPSA) is 128 Å². The van der Waals surface area contributed by atoms with E-state index in [4.69, 9.17) is 5.73 Å². The zero-order valence-corrected chi connectivity index (χ0v) is 11.0. The van der Waals surface area contributed by atoms with Crippen molar-refractivity contribution >= 4 is 17.4 Å². The number of phenolic OH excluding ortho intramolecular Hbond substituents is 3. The lowest BCUT2D eigenvalue weighted by molar-refractivity contribution is 0.259. The molecular formula is C14H15N3O4. The van der Waals surface area contributed by atoms with E-state index < -0.39 is 11.8 Å². The van der Waals surface area contributed by atoms with E-state index in [1.807, 2.05) is 0 Å². The number of anilines is 2. The first-order chi connectivity index (χ1) is 9.97. The minimum atomic E-state index is -0.659. The van der Waals surface area contributed by atoms with Gasteiger partial charge in [-0.3, -0.25) is 0 Å². The number of carbonyl (C=O) groups excluding carboxylic acids is 1. The van der Waals surface area contributed by atoms with E-state index >= 15 is 0 Å². The van der Waals surface area contributed by atoms with E-state index in [-0.39, 0.29) is 18.0 Å². The second kappa shape index (κ2) is 5.91. The summed E-state index contributed by atoms with van der Waals surface area (Å²) in [4.78, 5) is 10.8. The molecule has 2 amide bonds. The molecule has 21 heavy (non-hydrogen) atoms. The van der Waals surface area contributed by atoms with Crippen LogP contribution in [-0.2, 0) is 6.54 Å². The van der Waals surface area contributed by atoms with Crippen molar-refractivity contribution in [2.75, 3.05) is 10.6 Å². The summed E-state index contributed by atoms with van der Waals surface area (Å²) in [6, 6.07) is 8.96. The molecule has 0 radical (unpaired) electrons. The summed E-state index contributed by atoms with van der Waals surface area (Å²) in [7, 11) is 0. The number of amides is 2. The van der Waals surface area contributed by atoms with Crippen molar-refractivity contribution in [2.24, 2.45) is 5.73 Å². The Morgan fingerprint density at radius 1 is 1.05 bits per heavy atom. The fourth-order valence-corrected chi connectivity index (χ4v) is 1.80. The predicted octanol–water partition coefficient (Wildman–Crippen LogP) is 1.91. The highest BCUT2D eigenvalue weighted by molar-refractivity contribution is 5.88. The lowest BCUT2D eigenvalue weighted by Gasteiger charge is -2.11. The summed E-state index contributed by atoms with van der Waals surface area (Å²) in [6.45, 7) is 0.222. The van der Waals surface area contributed by atoms with E-state index in [0.29, 0.717) is 16.9 Å². The van der Waals surface area contributed by atoms with Gasteiger partial charge in [-0.2, -0.15) is 0 Å². The molecule has 7 nitrogen and oxygen atoms in total. The van der Waals surface area contributed by atoms with Crippen LogP contribution in [0.3, 0.4) is 0 Å². The van der Waals surface area contributed by atoms with E-state index in [1.165, 1.54) is 12.1 Å². The number of hydrogen-bond donors (Lipinski definition) is 6. The van der Waals surface area contributed by atoms with Gasteiger partial charge in [0.2, 0.25) is 5.75 Å². The summed E-state index contributed by atoms with van der Waals surface area (Å²) in [5.41, 5.74) is 6.67. The zero-order chi connectivity index (χ0) is 15.4. The molecule has 7 N–H and O–H groups in total. The number of nitrogens with two attached hydrogens (primary N) is 1. The molecule has 0 aliphatic carbocycles. The molecule has 2 aromatic carbocycles. The largest absolute Gasteiger partial charge is 0.504 e. The Morgan fingerprint density at radius 2 is 1.76 bits per heavy atom. The Morgan fingerprint density at radius 3 is 2.48 bits per heavy atom. The number of hydrogen-bond acceptors (Lipinski definition) is 5. The van der Waals surface area contributed by atoms with Crippen LogP contribution >= 0.6 is 0 Å². The minimum Gasteiger partial charge on any atom is -0.504 e. The highest BCUT2D eigenvalue weighted by atomic mass is 16.3. The molecule has 0 unspecified atom stereocenters. The van der Waals surface area contributed by atoms with Crippen molar-refractivity contribution in [3.63, 3.8) is 0 Å². The first-order valence-corrected chi connectivity index (χ1v) is 6.10. The summed E-state index contributed by atoms with van der Waals surface area (Å²) in [6.07, 6.45) is 0. The third kappa shape index (κ3) is 3.47. The fourth-order valence-electron chi connectivity index (χ4n) is 1.80. The molecule has 0 atom stereocenters. The van der Waals surface area contributed by atoms with Crippen LogP contribution in [0.2, 0.25) is 0 Å². The third-order valence-corrected chi connectivity index (χ3v) is 2.83. The Kier molecular flexibility index (Phi) is 4.03. The first-order valence-electron chi connectivity index (χ1n) is 6.10. The van der Waals surface area contributed by atoms with Crippen LogP contribution in [-0.4, -0.2) is 21.4 Å². The summed E-state index contributed by atoms with van der Waals surface area (Å²) < 4.78 is 0. The number of phenols is 3. The van der Waals surface area contributed by atoms with E-state index in [0.717, 1.165) is 0 Å². The van der Waals surface area contributed by atoms with Crippen LogP contribution in [0.4, 0.5) is 16.2 Å². The SMILES string of the molecule is NC(=O)Nc1cccc(NCc2ccc(O)c(O)c2O)c1. The van der Waals surface area contributed by atoms with Gasteiger partial charge in [0.25, 0.3) is 0 Å². The zero-order valence-electron chi connectivity index (χ0n) is 11.0. The molecule has 0 saturated carbocycles. The second-order valence-corrected chi connectivity index (χ2v) is 4.36. The molecule has 0 bridgehead atoms. The second-order valence-electron chi connectivity index (χ2n) is 4.36.